The van der Waals surface area contributed by atoms with Crippen molar-refractivity contribution in [1.82, 2.24) is 9.78 Å². The van der Waals surface area contributed by atoms with Crippen molar-refractivity contribution in [1.29, 1.82) is 0 Å². The molecule has 1 N–H and O–H groups in total. The van der Waals surface area contributed by atoms with Gasteiger partial charge in [-0.05, 0) is 36.8 Å². The molecule has 1 aliphatic rings. The molecule has 29 heavy (non-hydrogen) atoms. The summed E-state index contributed by atoms with van der Waals surface area (Å²) in [6, 6.07) is 10.1. The maximum Gasteiger partial charge on any atom is 0.573 e. The summed E-state index contributed by atoms with van der Waals surface area (Å²) in [6.07, 6.45) is -8.88. The van der Waals surface area contributed by atoms with Gasteiger partial charge in [0.05, 0.1) is 16.9 Å². The van der Waals surface area contributed by atoms with E-state index in [0.29, 0.717) is 30.0 Å². The van der Waals surface area contributed by atoms with E-state index in [4.69, 9.17) is 0 Å². The van der Waals surface area contributed by atoms with Crippen LogP contribution in [0.15, 0.2) is 48.5 Å². The first-order chi connectivity index (χ1) is 13.6. The summed E-state index contributed by atoms with van der Waals surface area (Å²) in [7, 11) is 0. The van der Waals surface area contributed by atoms with E-state index in [2.05, 4.69) is 15.2 Å². The molecule has 0 aliphatic carbocycles. The van der Waals surface area contributed by atoms with Crippen molar-refractivity contribution in [3.63, 3.8) is 0 Å². The molecule has 4 nitrogen and oxygen atoms in total. The van der Waals surface area contributed by atoms with Gasteiger partial charge in [0.15, 0.2) is 0 Å². The zero-order chi connectivity index (χ0) is 20.8. The number of aromatic nitrogens is 2. The van der Waals surface area contributed by atoms with Crippen molar-refractivity contribution < 1.29 is 31.1 Å². The van der Waals surface area contributed by atoms with E-state index in [1.165, 1.54) is 35.0 Å². The molecule has 0 saturated carbocycles. The van der Waals surface area contributed by atoms with Gasteiger partial charge in [-0.1, -0.05) is 18.2 Å². The number of hydrogen-bond acceptors (Lipinski definition) is 3. The molecule has 0 atom stereocenters. The van der Waals surface area contributed by atoms with Gasteiger partial charge >= 0.3 is 12.5 Å². The predicted molar refractivity (Wildman–Crippen MR) is 92.9 cm³/mol. The first-order valence-corrected chi connectivity index (χ1v) is 8.52. The van der Waals surface area contributed by atoms with E-state index >= 15 is 0 Å². The largest absolute Gasteiger partial charge is 0.573 e. The molecule has 0 spiro atoms. The smallest absolute Gasteiger partial charge is 0.406 e. The van der Waals surface area contributed by atoms with Crippen molar-refractivity contribution in [2.75, 3.05) is 11.9 Å². The maximum absolute atomic E-state index is 13.4. The highest BCUT2D eigenvalue weighted by molar-refractivity contribution is 5.75. The van der Waals surface area contributed by atoms with Crippen molar-refractivity contribution in [3.05, 3.63) is 59.7 Å². The number of nitrogens with one attached hydrogen (secondary N) is 1. The van der Waals surface area contributed by atoms with E-state index in [1.807, 2.05) is 0 Å². The van der Waals surface area contributed by atoms with Crippen LogP contribution in [-0.2, 0) is 12.6 Å². The molecule has 0 bridgehead atoms. The number of ether oxygens (including phenoxy) is 1. The number of alkyl halides is 6. The summed E-state index contributed by atoms with van der Waals surface area (Å²) < 4.78 is 82.5. The first-order valence-electron chi connectivity index (χ1n) is 8.52. The Bertz CT molecular complexity index is 1040. The van der Waals surface area contributed by atoms with Crippen molar-refractivity contribution in [2.45, 2.75) is 19.0 Å². The molecule has 0 amide bonds. The number of benzene rings is 2. The van der Waals surface area contributed by atoms with Crippen LogP contribution in [0, 0.1) is 0 Å². The van der Waals surface area contributed by atoms with Crippen LogP contribution in [0.2, 0.25) is 0 Å². The monoisotopic (exact) mass is 413 g/mol. The van der Waals surface area contributed by atoms with Crippen LogP contribution in [0.5, 0.6) is 5.75 Å². The van der Waals surface area contributed by atoms with Crippen LogP contribution in [0.1, 0.15) is 11.1 Å². The van der Waals surface area contributed by atoms with Gasteiger partial charge in [-0.2, -0.15) is 18.3 Å². The summed E-state index contributed by atoms with van der Waals surface area (Å²) in [6.45, 7) is 0.517. The van der Waals surface area contributed by atoms with Gasteiger partial charge in [-0.15, -0.1) is 13.2 Å². The van der Waals surface area contributed by atoms with E-state index in [-0.39, 0.29) is 11.3 Å². The first kappa shape index (κ1) is 19.2. The lowest BCUT2D eigenvalue weighted by Gasteiger charge is -2.12. The Morgan fingerprint density at radius 1 is 0.931 bits per heavy atom. The molecule has 2 aromatic carbocycles. The fraction of sp³-hybridized carbons (Fsp3) is 0.211. The summed E-state index contributed by atoms with van der Waals surface area (Å²) >= 11 is 0. The van der Waals surface area contributed by atoms with Crippen molar-refractivity contribution in [3.8, 4) is 22.7 Å². The third-order valence-corrected chi connectivity index (χ3v) is 4.45. The molecule has 3 aromatic rings. The fourth-order valence-corrected chi connectivity index (χ4v) is 3.30. The maximum atomic E-state index is 13.4. The summed E-state index contributed by atoms with van der Waals surface area (Å²) in [5, 5.41) is 7.42. The van der Waals surface area contributed by atoms with Gasteiger partial charge < -0.3 is 10.1 Å². The minimum absolute atomic E-state index is 0.0456. The van der Waals surface area contributed by atoms with Crippen LogP contribution < -0.4 is 10.1 Å². The van der Waals surface area contributed by atoms with Gasteiger partial charge in [0, 0.05) is 17.7 Å². The molecule has 0 saturated heterocycles. The van der Waals surface area contributed by atoms with Gasteiger partial charge in [0.25, 0.3) is 0 Å². The molecule has 10 heteroatoms. The Balaban J connectivity index is 1.78. The lowest BCUT2D eigenvalue weighted by atomic mass is 10.0. The molecule has 0 unspecified atom stereocenters. The highest BCUT2D eigenvalue weighted by Gasteiger charge is 2.36. The zero-order valence-corrected chi connectivity index (χ0v) is 14.6. The van der Waals surface area contributed by atoms with E-state index in [1.54, 1.807) is 0 Å². The lowest BCUT2D eigenvalue weighted by molar-refractivity contribution is -0.274. The lowest BCUT2D eigenvalue weighted by Crippen LogP contribution is -2.17. The Morgan fingerprint density at radius 3 is 2.28 bits per heavy atom. The van der Waals surface area contributed by atoms with Gasteiger partial charge in [-0.25, -0.2) is 4.68 Å². The Labute approximate surface area is 160 Å². The number of nitrogens with zero attached hydrogens (tertiary/aromatic N) is 2. The third kappa shape index (κ3) is 3.74. The van der Waals surface area contributed by atoms with Gasteiger partial charge in [-0.3, -0.25) is 0 Å². The number of fused-ring (bicyclic) bond motifs is 1. The molecule has 1 aliphatic heterocycles. The highest BCUT2D eigenvalue weighted by atomic mass is 19.4. The number of anilines is 1. The Hall–Kier alpha value is -3.17. The van der Waals surface area contributed by atoms with E-state index in [9.17, 15) is 26.3 Å². The Kier molecular flexibility index (Phi) is 4.44. The molecular formula is C19H13F6N3O. The van der Waals surface area contributed by atoms with Crippen LogP contribution >= 0.6 is 0 Å². The zero-order valence-electron chi connectivity index (χ0n) is 14.6. The van der Waals surface area contributed by atoms with Crippen molar-refractivity contribution >= 4 is 5.82 Å². The molecule has 2 heterocycles. The number of hydrogen-bond donors (Lipinski definition) is 1. The van der Waals surface area contributed by atoms with Gasteiger partial charge in [0.1, 0.15) is 11.6 Å². The molecular weight excluding hydrogens is 400 g/mol. The average Bonchev–Trinajstić information content (AvgIpc) is 3.23. The Morgan fingerprint density at radius 2 is 1.62 bits per heavy atom. The van der Waals surface area contributed by atoms with Crippen LogP contribution in [0.25, 0.3) is 16.9 Å². The van der Waals surface area contributed by atoms with Crippen LogP contribution in [0.4, 0.5) is 32.2 Å². The van der Waals surface area contributed by atoms with Crippen molar-refractivity contribution in [2.24, 2.45) is 0 Å². The average molecular weight is 413 g/mol. The van der Waals surface area contributed by atoms with E-state index < -0.39 is 23.9 Å². The summed E-state index contributed by atoms with van der Waals surface area (Å²) in [5.41, 5.74) is 0.357. The quantitative estimate of drug-likeness (QED) is 0.583. The molecule has 152 valence electrons. The fourth-order valence-electron chi connectivity index (χ4n) is 3.30. The van der Waals surface area contributed by atoms with Gasteiger partial charge in [0.2, 0.25) is 0 Å². The number of rotatable bonds is 3. The minimum atomic E-state index is -4.81. The SMILES string of the molecule is FC(F)(F)Oc1ccc(-n2nc(-c3ccccc3C(F)(F)F)c3c2NCC3)cc1. The van der Waals surface area contributed by atoms with E-state index in [0.717, 1.165) is 18.2 Å². The second-order valence-corrected chi connectivity index (χ2v) is 6.35. The number of halogens is 6. The highest BCUT2D eigenvalue weighted by Crippen LogP contribution is 2.41. The molecule has 4 rings (SSSR count). The molecule has 1 aromatic heterocycles. The topological polar surface area (TPSA) is 39.1 Å². The minimum Gasteiger partial charge on any atom is -0.406 e. The molecule has 0 radical (unpaired) electrons. The summed E-state index contributed by atoms with van der Waals surface area (Å²) in [5.74, 6) is 0.113. The predicted octanol–water partition coefficient (Wildman–Crippen LogP) is 5.42. The second-order valence-electron chi connectivity index (χ2n) is 6.35. The standard InChI is InChI=1S/C19H13F6N3O/c20-18(21,22)15-4-2-1-3-13(15)16-14-9-10-26-17(14)28(27-16)11-5-7-12(8-6-11)29-19(23,24)25/h1-8,26H,9-10H2. The molecule has 0 fully saturated rings. The summed E-state index contributed by atoms with van der Waals surface area (Å²) in [4.78, 5) is 0. The van der Waals surface area contributed by atoms with Crippen LogP contribution in [0.3, 0.4) is 0 Å². The normalized spacial score (nSPS) is 13.9. The third-order valence-electron chi connectivity index (χ3n) is 4.45. The second kappa shape index (κ2) is 6.71. The van der Waals surface area contributed by atoms with Crippen LogP contribution in [-0.4, -0.2) is 22.7 Å².